The Labute approximate surface area is 155 Å². The van der Waals surface area contributed by atoms with Crippen LogP contribution in [-0.4, -0.2) is 27.0 Å². The minimum Gasteiger partial charge on any atom is -0.419 e. The number of aromatic nitrogens is 2. The molecule has 26 heavy (non-hydrogen) atoms. The van der Waals surface area contributed by atoms with Crippen LogP contribution in [0, 0.1) is 5.82 Å². The van der Waals surface area contributed by atoms with Crippen LogP contribution in [0.25, 0.3) is 11.5 Å². The molecule has 0 aliphatic rings. The molecule has 3 aromatic rings. The molecule has 0 aliphatic carbocycles. The Morgan fingerprint density at radius 1 is 1.12 bits per heavy atom. The summed E-state index contributed by atoms with van der Waals surface area (Å²) in [6, 6.07) is 12.4. The van der Waals surface area contributed by atoms with E-state index in [0.717, 1.165) is 5.56 Å². The van der Waals surface area contributed by atoms with E-state index >= 15 is 0 Å². The summed E-state index contributed by atoms with van der Waals surface area (Å²) >= 11 is 5.88. The number of nitrogens with zero attached hydrogens (tertiary/aromatic N) is 3. The quantitative estimate of drug-likeness (QED) is 0.656. The fourth-order valence-corrected chi connectivity index (χ4v) is 2.55. The molecular formula is C19H17ClFN3O2. The summed E-state index contributed by atoms with van der Waals surface area (Å²) in [5, 5.41) is 8.66. The van der Waals surface area contributed by atoms with E-state index in [4.69, 9.17) is 16.0 Å². The normalized spacial score (nSPS) is 11.0. The third-order valence-electron chi connectivity index (χ3n) is 3.84. The van der Waals surface area contributed by atoms with Crippen molar-refractivity contribution in [1.82, 2.24) is 15.1 Å². The highest BCUT2D eigenvalue weighted by Crippen LogP contribution is 2.21. The lowest BCUT2D eigenvalue weighted by molar-refractivity contribution is 0.0672. The maximum atomic E-state index is 13.1. The van der Waals surface area contributed by atoms with Crippen molar-refractivity contribution in [3.63, 3.8) is 0 Å². The number of carbonyl (C=O) groups excluding carboxylic acids is 1. The van der Waals surface area contributed by atoms with Crippen molar-refractivity contribution in [3.8, 4) is 11.5 Å². The lowest BCUT2D eigenvalue weighted by atomic mass is 10.1. The molecule has 5 nitrogen and oxygen atoms in total. The highest BCUT2D eigenvalue weighted by molar-refractivity contribution is 6.30. The minimum atomic E-state index is -0.387. The molecule has 1 amide bonds. The average molecular weight is 374 g/mol. The first-order valence-corrected chi connectivity index (χ1v) is 8.46. The van der Waals surface area contributed by atoms with E-state index in [1.54, 1.807) is 29.2 Å². The number of benzene rings is 2. The molecular weight excluding hydrogens is 357 g/mol. The number of halogens is 2. The van der Waals surface area contributed by atoms with Gasteiger partial charge in [0.05, 0.1) is 6.54 Å². The van der Waals surface area contributed by atoms with Crippen molar-refractivity contribution in [2.45, 2.75) is 26.4 Å². The molecule has 2 aromatic carbocycles. The molecule has 1 heterocycles. The molecule has 134 valence electrons. The molecule has 0 spiro atoms. The molecule has 1 aromatic heterocycles. The second kappa shape index (κ2) is 7.66. The number of amides is 1. The van der Waals surface area contributed by atoms with Crippen molar-refractivity contribution in [3.05, 3.63) is 70.8 Å². The molecule has 0 aliphatic heterocycles. The van der Waals surface area contributed by atoms with Crippen molar-refractivity contribution in [2.75, 3.05) is 0 Å². The van der Waals surface area contributed by atoms with Crippen molar-refractivity contribution in [2.24, 2.45) is 0 Å². The Balaban J connectivity index is 1.79. The maximum Gasteiger partial charge on any atom is 0.254 e. The largest absolute Gasteiger partial charge is 0.419 e. The van der Waals surface area contributed by atoms with Crippen LogP contribution in [0.2, 0.25) is 5.02 Å². The maximum absolute atomic E-state index is 13.1. The highest BCUT2D eigenvalue weighted by Gasteiger charge is 2.22. The van der Waals surface area contributed by atoms with Crippen LogP contribution in [0.3, 0.4) is 0 Å². The summed E-state index contributed by atoms with van der Waals surface area (Å²) in [5.74, 6) is 0.0575. The van der Waals surface area contributed by atoms with E-state index in [1.807, 2.05) is 13.8 Å². The van der Waals surface area contributed by atoms with Crippen LogP contribution in [0.4, 0.5) is 4.39 Å². The summed E-state index contributed by atoms with van der Waals surface area (Å²) in [6.45, 7) is 3.93. The van der Waals surface area contributed by atoms with Gasteiger partial charge in [-0.2, -0.15) is 0 Å². The van der Waals surface area contributed by atoms with Gasteiger partial charge in [0.15, 0.2) is 0 Å². The molecule has 7 heteroatoms. The van der Waals surface area contributed by atoms with E-state index in [0.29, 0.717) is 22.4 Å². The predicted octanol–water partition coefficient (Wildman–Crippen LogP) is 4.58. The number of hydrogen-bond acceptors (Lipinski definition) is 4. The van der Waals surface area contributed by atoms with Gasteiger partial charge in [-0.15, -0.1) is 10.2 Å². The van der Waals surface area contributed by atoms with Crippen LogP contribution in [0.1, 0.15) is 30.1 Å². The summed E-state index contributed by atoms with van der Waals surface area (Å²) < 4.78 is 18.8. The third-order valence-corrected chi connectivity index (χ3v) is 4.09. The van der Waals surface area contributed by atoms with Crippen LogP contribution in [0.5, 0.6) is 0 Å². The van der Waals surface area contributed by atoms with E-state index in [1.165, 1.54) is 24.3 Å². The Morgan fingerprint density at radius 3 is 2.38 bits per heavy atom. The molecule has 0 saturated heterocycles. The molecule has 0 unspecified atom stereocenters. The van der Waals surface area contributed by atoms with Gasteiger partial charge in [0, 0.05) is 22.2 Å². The fraction of sp³-hybridized carbons (Fsp3) is 0.211. The first-order valence-electron chi connectivity index (χ1n) is 8.09. The summed E-state index contributed by atoms with van der Waals surface area (Å²) in [4.78, 5) is 14.3. The monoisotopic (exact) mass is 373 g/mol. The Bertz CT molecular complexity index is 892. The zero-order chi connectivity index (χ0) is 18.7. The summed E-state index contributed by atoms with van der Waals surface area (Å²) in [5.41, 5.74) is 1.15. The van der Waals surface area contributed by atoms with Crippen LogP contribution in [-0.2, 0) is 6.54 Å². The summed E-state index contributed by atoms with van der Waals surface area (Å²) in [6.07, 6.45) is 0. The zero-order valence-corrected chi connectivity index (χ0v) is 15.1. The Hall–Kier alpha value is -2.73. The number of carbonyl (C=O) groups is 1. The van der Waals surface area contributed by atoms with Crippen molar-refractivity contribution >= 4 is 17.5 Å². The zero-order valence-electron chi connectivity index (χ0n) is 14.3. The standard InChI is InChI=1S/C19H17ClFN3O2/c1-12(2)24(19(25)14-5-9-16(21)10-6-14)11-17-22-23-18(26-17)13-3-7-15(20)8-4-13/h3-10,12H,11H2,1-2H3. The molecule has 0 saturated carbocycles. The second-order valence-corrected chi connectivity index (χ2v) is 6.48. The van der Waals surface area contributed by atoms with E-state index in [2.05, 4.69) is 10.2 Å². The molecule has 0 N–H and O–H groups in total. The van der Waals surface area contributed by atoms with Gasteiger partial charge >= 0.3 is 0 Å². The van der Waals surface area contributed by atoms with Gasteiger partial charge in [-0.25, -0.2) is 4.39 Å². The van der Waals surface area contributed by atoms with Gasteiger partial charge in [-0.3, -0.25) is 4.79 Å². The highest BCUT2D eigenvalue weighted by atomic mass is 35.5. The average Bonchev–Trinajstić information content (AvgIpc) is 3.09. The first-order chi connectivity index (χ1) is 12.4. The minimum absolute atomic E-state index is 0.0987. The van der Waals surface area contributed by atoms with Crippen LogP contribution in [0.15, 0.2) is 52.9 Å². The summed E-state index contributed by atoms with van der Waals surface area (Å²) in [7, 11) is 0. The lowest BCUT2D eigenvalue weighted by Crippen LogP contribution is -2.36. The molecule has 0 radical (unpaired) electrons. The van der Waals surface area contributed by atoms with Crippen molar-refractivity contribution < 1.29 is 13.6 Å². The van der Waals surface area contributed by atoms with Crippen LogP contribution < -0.4 is 0 Å². The van der Waals surface area contributed by atoms with Gasteiger partial charge in [0.25, 0.3) is 5.91 Å². The van der Waals surface area contributed by atoms with Gasteiger partial charge in [-0.05, 0) is 62.4 Å². The van der Waals surface area contributed by atoms with Crippen LogP contribution >= 0.6 is 11.6 Å². The number of hydrogen-bond donors (Lipinski definition) is 0. The van der Waals surface area contributed by atoms with E-state index in [9.17, 15) is 9.18 Å². The molecule has 0 fully saturated rings. The van der Waals surface area contributed by atoms with Gasteiger partial charge in [-0.1, -0.05) is 11.6 Å². The van der Waals surface area contributed by atoms with Gasteiger partial charge in [0.2, 0.25) is 11.8 Å². The second-order valence-electron chi connectivity index (χ2n) is 6.04. The van der Waals surface area contributed by atoms with Crippen molar-refractivity contribution in [1.29, 1.82) is 0 Å². The molecule has 0 atom stereocenters. The fourth-order valence-electron chi connectivity index (χ4n) is 2.42. The van der Waals surface area contributed by atoms with Gasteiger partial charge < -0.3 is 9.32 Å². The van der Waals surface area contributed by atoms with E-state index in [-0.39, 0.29) is 24.3 Å². The SMILES string of the molecule is CC(C)N(Cc1nnc(-c2ccc(Cl)cc2)o1)C(=O)c1ccc(F)cc1. The molecule has 0 bridgehead atoms. The lowest BCUT2D eigenvalue weighted by Gasteiger charge is -2.25. The third kappa shape index (κ3) is 4.08. The smallest absolute Gasteiger partial charge is 0.254 e. The molecule has 3 rings (SSSR count). The first kappa shape index (κ1) is 18.1. The topological polar surface area (TPSA) is 59.2 Å². The predicted molar refractivity (Wildman–Crippen MR) is 96.2 cm³/mol. The Kier molecular flexibility index (Phi) is 5.32. The van der Waals surface area contributed by atoms with Gasteiger partial charge in [0.1, 0.15) is 5.82 Å². The van der Waals surface area contributed by atoms with E-state index < -0.39 is 0 Å². The Morgan fingerprint density at radius 2 is 1.77 bits per heavy atom. The number of rotatable bonds is 5.